The third-order valence-corrected chi connectivity index (χ3v) is 2.82. The molecule has 3 nitrogen and oxygen atoms in total. The molecular formula is C15H24ClN3. The number of rotatable bonds is 4. The third-order valence-electron chi connectivity index (χ3n) is 2.56. The van der Waals surface area contributed by atoms with Gasteiger partial charge in [-0.15, -0.1) is 0 Å². The van der Waals surface area contributed by atoms with E-state index in [1.807, 2.05) is 12.1 Å². The fourth-order valence-electron chi connectivity index (χ4n) is 1.68. The summed E-state index contributed by atoms with van der Waals surface area (Å²) >= 11 is 5.86. The molecule has 0 aromatic heterocycles. The van der Waals surface area contributed by atoms with Crippen molar-refractivity contribution in [2.24, 2.45) is 4.99 Å². The fourth-order valence-corrected chi connectivity index (χ4v) is 1.81. The monoisotopic (exact) mass is 281 g/mol. The number of aliphatic imine (C=N–C) groups is 1. The van der Waals surface area contributed by atoms with Crippen LogP contribution in [0.1, 0.15) is 32.8 Å². The number of aryl methyl sites for hydroxylation is 1. The molecule has 0 aliphatic heterocycles. The molecule has 0 saturated heterocycles. The molecule has 1 aromatic rings. The van der Waals surface area contributed by atoms with Crippen LogP contribution in [0.2, 0.25) is 5.02 Å². The molecular weight excluding hydrogens is 258 g/mol. The molecule has 0 radical (unpaired) electrons. The molecule has 19 heavy (non-hydrogen) atoms. The molecule has 0 aliphatic carbocycles. The lowest BCUT2D eigenvalue weighted by atomic mass is 10.1. The van der Waals surface area contributed by atoms with Gasteiger partial charge in [0.1, 0.15) is 0 Å². The van der Waals surface area contributed by atoms with Crippen molar-refractivity contribution in [3.63, 3.8) is 0 Å². The van der Waals surface area contributed by atoms with Gasteiger partial charge >= 0.3 is 0 Å². The second-order valence-electron chi connectivity index (χ2n) is 5.60. The van der Waals surface area contributed by atoms with E-state index in [1.165, 1.54) is 5.56 Å². The van der Waals surface area contributed by atoms with Crippen molar-refractivity contribution < 1.29 is 0 Å². The van der Waals surface area contributed by atoms with Gasteiger partial charge in [-0.2, -0.15) is 0 Å². The van der Waals surface area contributed by atoms with Crippen LogP contribution in [0.4, 0.5) is 0 Å². The number of benzene rings is 1. The highest BCUT2D eigenvalue weighted by Crippen LogP contribution is 2.10. The summed E-state index contributed by atoms with van der Waals surface area (Å²) in [6.45, 7) is 7.26. The maximum Gasteiger partial charge on any atom is 0.191 e. The van der Waals surface area contributed by atoms with E-state index in [0.717, 1.165) is 30.4 Å². The molecule has 4 heteroatoms. The topological polar surface area (TPSA) is 36.4 Å². The van der Waals surface area contributed by atoms with E-state index in [1.54, 1.807) is 7.05 Å². The highest BCUT2D eigenvalue weighted by Gasteiger charge is 2.10. The van der Waals surface area contributed by atoms with Crippen LogP contribution in [-0.2, 0) is 6.42 Å². The van der Waals surface area contributed by atoms with Crippen LogP contribution in [0, 0.1) is 0 Å². The van der Waals surface area contributed by atoms with E-state index in [2.05, 4.69) is 48.5 Å². The van der Waals surface area contributed by atoms with Crippen molar-refractivity contribution in [2.75, 3.05) is 13.6 Å². The molecule has 1 aromatic carbocycles. The molecule has 0 unspecified atom stereocenters. The number of nitrogens with zero attached hydrogens (tertiary/aromatic N) is 1. The SMILES string of the molecule is CN=C(NCCCc1ccc(Cl)cc1)NC(C)(C)C. The van der Waals surface area contributed by atoms with Gasteiger partial charge in [-0.25, -0.2) is 0 Å². The average Bonchev–Trinajstić information content (AvgIpc) is 2.34. The number of halogens is 1. The van der Waals surface area contributed by atoms with Crippen LogP contribution >= 0.6 is 11.6 Å². The van der Waals surface area contributed by atoms with Crippen LogP contribution in [0.5, 0.6) is 0 Å². The predicted octanol–water partition coefficient (Wildman–Crippen LogP) is 3.24. The highest BCUT2D eigenvalue weighted by molar-refractivity contribution is 6.30. The van der Waals surface area contributed by atoms with Gasteiger partial charge in [0.25, 0.3) is 0 Å². The molecule has 106 valence electrons. The van der Waals surface area contributed by atoms with E-state index in [4.69, 9.17) is 11.6 Å². The first-order valence-electron chi connectivity index (χ1n) is 6.64. The highest BCUT2D eigenvalue weighted by atomic mass is 35.5. The minimum absolute atomic E-state index is 0.0258. The van der Waals surface area contributed by atoms with Gasteiger partial charge in [0.05, 0.1) is 0 Å². The zero-order valence-electron chi connectivity index (χ0n) is 12.3. The smallest absolute Gasteiger partial charge is 0.191 e. The summed E-state index contributed by atoms with van der Waals surface area (Å²) in [6, 6.07) is 8.02. The number of guanidine groups is 1. The Kier molecular flexibility index (Phi) is 6.16. The normalized spacial score (nSPS) is 12.4. The van der Waals surface area contributed by atoms with Crippen LogP contribution in [0.25, 0.3) is 0 Å². The fraction of sp³-hybridized carbons (Fsp3) is 0.533. The summed E-state index contributed by atoms with van der Waals surface area (Å²) in [4.78, 5) is 4.21. The molecule has 0 amide bonds. The lowest BCUT2D eigenvalue weighted by Gasteiger charge is -2.23. The van der Waals surface area contributed by atoms with Gasteiger partial charge in [0.15, 0.2) is 5.96 Å². The zero-order chi connectivity index (χ0) is 14.3. The zero-order valence-corrected chi connectivity index (χ0v) is 13.0. The standard InChI is InChI=1S/C15H24ClN3/c1-15(2,3)19-14(17-4)18-11-5-6-12-7-9-13(16)10-8-12/h7-10H,5-6,11H2,1-4H3,(H2,17,18,19). The van der Waals surface area contributed by atoms with Crippen molar-refractivity contribution in [2.45, 2.75) is 39.2 Å². The van der Waals surface area contributed by atoms with Crippen molar-refractivity contribution >= 4 is 17.6 Å². The second-order valence-corrected chi connectivity index (χ2v) is 6.04. The summed E-state index contributed by atoms with van der Waals surface area (Å²) in [7, 11) is 1.79. The second kappa shape index (κ2) is 7.39. The van der Waals surface area contributed by atoms with E-state index in [-0.39, 0.29) is 5.54 Å². The van der Waals surface area contributed by atoms with Gasteiger partial charge in [0.2, 0.25) is 0 Å². The molecule has 0 heterocycles. The van der Waals surface area contributed by atoms with E-state index in [9.17, 15) is 0 Å². The summed E-state index contributed by atoms with van der Waals surface area (Å²) in [5, 5.41) is 7.44. The van der Waals surface area contributed by atoms with E-state index < -0.39 is 0 Å². The van der Waals surface area contributed by atoms with Crippen molar-refractivity contribution in [1.82, 2.24) is 10.6 Å². The van der Waals surface area contributed by atoms with Crippen molar-refractivity contribution in [1.29, 1.82) is 0 Å². The molecule has 0 spiro atoms. The Morgan fingerprint density at radius 1 is 1.21 bits per heavy atom. The lowest BCUT2D eigenvalue weighted by molar-refractivity contribution is 0.501. The van der Waals surface area contributed by atoms with Gasteiger partial charge in [-0.05, 0) is 51.3 Å². The Morgan fingerprint density at radius 3 is 2.37 bits per heavy atom. The number of hydrogen-bond donors (Lipinski definition) is 2. The van der Waals surface area contributed by atoms with Crippen LogP contribution in [-0.4, -0.2) is 25.1 Å². The first-order chi connectivity index (χ1) is 8.90. The Morgan fingerprint density at radius 2 is 1.84 bits per heavy atom. The van der Waals surface area contributed by atoms with Crippen LogP contribution in [0.15, 0.2) is 29.3 Å². The van der Waals surface area contributed by atoms with E-state index >= 15 is 0 Å². The predicted molar refractivity (Wildman–Crippen MR) is 84.0 cm³/mol. The quantitative estimate of drug-likeness (QED) is 0.505. The van der Waals surface area contributed by atoms with Crippen molar-refractivity contribution in [3.8, 4) is 0 Å². The maximum atomic E-state index is 5.86. The minimum Gasteiger partial charge on any atom is -0.356 e. The lowest BCUT2D eigenvalue weighted by Crippen LogP contribution is -2.47. The first-order valence-corrected chi connectivity index (χ1v) is 7.02. The Balaban J connectivity index is 2.28. The molecule has 1 rings (SSSR count). The summed E-state index contributed by atoms with van der Waals surface area (Å²) in [5.41, 5.74) is 1.34. The van der Waals surface area contributed by atoms with E-state index in [0.29, 0.717) is 0 Å². The molecule has 0 bridgehead atoms. The molecule has 0 saturated carbocycles. The Bertz CT molecular complexity index is 404. The van der Waals surface area contributed by atoms with Gasteiger partial charge in [0, 0.05) is 24.2 Å². The Hall–Kier alpha value is -1.22. The van der Waals surface area contributed by atoms with Crippen molar-refractivity contribution in [3.05, 3.63) is 34.9 Å². The van der Waals surface area contributed by atoms with Gasteiger partial charge in [-0.1, -0.05) is 23.7 Å². The summed E-state index contributed by atoms with van der Waals surface area (Å²) < 4.78 is 0. The largest absolute Gasteiger partial charge is 0.356 e. The molecule has 0 fully saturated rings. The molecule has 0 atom stereocenters. The van der Waals surface area contributed by atoms with Gasteiger partial charge < -0.3 is 10.6 Å². The number of hydrogen-bond acceptors (Lipinski definition) is 1. The number of nitrogens with one attached hydrogen (secondary N) is 2. The average molecular weight is 282 g/mol. The van der Waals surface area contributed by atoms with Gasteiger partial charge in [-0.3, -0.25) is 4.99 Å². The molecule has 0 aliphatic rings. The summed E-state index contributed by atoms with van der Waals surface area (Å²) in [6.07, 6.45) is 2.10. The summed E-state index contributed by atoms with van der Waals surface area (Å²) in [5.74, 6) is 0.851. The first kappa shape index (κ1) is 15.8. The Labute approximate surface area is 121 Å². The minimum atomic E-state index is 0.0258. The van der Waals surface area contributed by atoms with Crippen LogP contribution < -0.4 is 10.6 Å². The molecule has 2 N–H and O–H groups in total. The maximum absolute atomic E-state index is 5.86. The van der Waals surface area contributed by atoms with Crippen LogP contribution in [0.3, 0.4) is 0 Å². The third kappa shape index (κ3) is 7.06.